The Bertz CT molecular complexity index is 274. The minimum absolute atomic E-state index is 0.000764. The normalized spacial score (nSPS) is 24.8. The number of carbonyl (C=O) groups is 2. The van der Waals surface area contributed by atoms with Crippen LogP contribution in [0.2, 0.25) is 0 Å². The molecule has 1 unspecified atom stereocenters. The molecule has 0 aromatic heterocycles. The molecule has 1 aliphatic rings. The van der Waals surface area contributed by atoms with Crippen molar-refractivity contribution < 1.29 is 19.4 Å². The molecular formula is C12H21NO4. The lowest BCUT2D eigenvalue weighted by atomic mass is 9.80. The predicted octanol–water partition coefficient (Wildman–Crippen LogP) is 1.17. The number of hydrogen-bond donors (Lipinski definition) is 2. The smallest absolute Gasteiger partial charge is 0.306 e. The molecule has 5 nitrogen and oxygen atoms in total. The second-order valence-electron chi connectivity index (χ2n) is 4.58. The lowest BCUT2D eigenvalue weighted by Crippen LogP contribution is -2.49. The number of carbonyl (C=O) groups excluding carboxylic acids is 1. The van der Waals surface area contributed by atoms with Gasteiger partial charge in [0.1, 0.15) is 6.10 Å². The molecule has 98 valence electrons. The maximum absolute atomic E-state index is 11.6. The van der Waals surface area contributed by atoms with Gasteiger partial charge in [0.2, 0.25) is 5.91 Å². The van der Waals surface area contributed by atoms with Gasteiger partial charge in [-0.3, -0.25) is 9.59 Å². The van der Waals surface area contributed by atoms with Gasteiger partial charge in [-0.2, -0.15) is 0 Å². The molecule has 0 radical (unpaired) electrons. The van der Waals surface area contributed by atoms with Crippen molar-refractivity contribution in [2.75, 3.05) is 6.61 Å². The zero-order valence-electron chi connectivity index (χ0n) is 10.4. The van der Waals surface area contributed by atoms with Gasteiger partial charge in [0.25, 0.3) is 0 Å². The first-order valence-electron chi connectivity index (χ1n) is 6.19. The molecule has 0 spiro atoms. The van der Waals surface area contributed by atoms with Gasteiger partial charge in [-0.05, 0) is 26.2 Å². The quantitative estimate of drug-likeness (QED) is 0.658. The third-order valence-electron chi connectivity index (χ3n) is 3.07. The van der Waals surface area contributed by atoms with E-state index in [0.29, 0.717) is 19.4 Å². The van der Waals surface area contributed by atoms with Gasteiger partial charge in [0.15, 0.2) is 0 Å². The molecule has 1 aliphatic carbocycles. The Hall–Kier alpha value is -1.10. The van der Waals surface area contributed by atoms with Crippen LogP contribution in [0.25, 0.3) is 0 Å². The summed E-state index contributed by atoms with van der Waals surface area (Å²) >= 11 is 0. The molecule has 0 bridgehead atoms. The van der Waals surface area contributed by atoms with Crippen molar-refractivity contribution in [2.45, 2.75) is 51.7 Å². The third-order valence-corrected chi connectivity index (χ3v) is 3.07. The van der Waals surface area contributed by atoms with Crippen LogP contribution in [0.1, 0.15) is 39.5 Å². The Morgan fingerprint density at radius 3 is 2.65 bits per heavy atom. The average Bonchev–Trinajstić information content (AvgIpc) is 2.22. The van der Waals surface area contributed by atoms with Crippen LogP contribution in [-0.4, -0.2) is 35.7 Å². The first kappa shape index (κ1) is 14.0. The van der Waals surface area contributed by atoms with E-state index in [0.717, 1.165) is 12.8 Å². The summed E-state index contributed by atoms with van der Waals surface area (Å²) in [6, 6.07) is 0.000764. The topological polar surface area (TPSA) is 75.6 Å². The van der Waals surface area contributed by atoms with E-state index < -0.39 is 12.1 Å². The van der Waals surface area contributed by atoms with Crippen LogP contribution in [0.3, 0.4) is 0 Å². The van der Waals surface area contributed by atoms with Gasteiger partial charge in [-0.25, -0.2) is 0 Å². The number of nitrogens with one attached hydrogen (secondary N) is 1. The molecule has 1 rings (SSSR count). The molecular weight excluding hydrogens is 222 g/mol. The molecule has 0 saturated heterocycles. The summed E-state index contributed by atoms with van der Waals surface area (Å²) < 4.78 is 5.36. The van der Waals surface area contributed by atoms with E-state index in [9.17, 15) is 9.59 Å². The number of ether oxygens (including phenoxy) is 1. The Morgan fingerprint density at radius 1 is 1.47 bits per heavy atom. The highest BCUT2D eigenvalue weighted by Crippen LogP contribution is 2.27. The van der Waals surface area contributed by atoms with Gasteiger partial charge < -0.3 is 15.2 Å². The number of amides is 1. The number of unbranched alkanes of at least 4 members (excludes halogenated alkanes) is 1. The maximum Gasteiger partial charge on any atom is 0.306 e. The number of hydrogen-bond acceptors (Lipinski definition) is 3. The molecule has 1 saturated carbocycles. The Morgan fingerprint density at radius 2 is 2.12 bits per heavy atom. The maximum atomic E-state index is 11.6. The molecule has 0 aliphatic heterocycles. The van der Waals surface area contributed by atoms with E-state index in [1.54, 1.807) is 6.92 Å². The van der Waals surface area contributed by atoms with E-state index in [1.165, 1.54) is 0 Å². The van der Waals surface area contributed by atoms with Crippen LogP contribution >= 0.6 is 0 Å². The van der Waals surface area contributed by atoms with Crippen LogP contribution < -0.4 is 5.32 Å². The van der Waals surface area contributed by atoms with E-state index in [2.05, 4.69) is 12.2 Å². The predicted molar refractivity (Wildman–Crippen MR) is 62.6 cm³/mol. The Labute approximate surface area is 102 Å². The molecule has 1 amide bonds. The first-order valence-corrected chi connectivity index (χ1v) is 6.19. The van der Waals surface area contributed by atoms with Gasteiger partial charge >= 0.3 is 5.97 Å². The fraction of sp³-hybridized carbons (Fsp3) is 0.833. The highest BCUT2D eigenvalue weighted by molar-refractivity contribution is 5.81. The lowest BCUT2D eigenvalue weighted by molar-refractivity contribution is -0.147. The van der Waals surface area contributed by atoms with Crippen molar-refractivity contribution in [3.05, 3.63) is 0 Å². The van der Waals surface area contributed by atoms with Crippen molar-refractivity contribution in [1.29, 1.82) is 0 Å². The van der Waals surface area contributed by atoms with E-state index in [-0.39, 0.29) is 17.9 Å². The average molecular weight is 243 g/mol. The van der Waals surface area contributed by atoms with Gasteiger partial charge in [0, 0.05) is 12.6 Å². The highest BCUT2D eigenvalue weighted by atomic mass is 16.5. The van der Waals surface area contributed by atoms with E-state index >= 15 is 0 Å². The van der Waals surface area contributed by atoms with Gasteiger partial charge in [-0.15, -0.1) is 0 Å². The van der Waals surface area contributed by atoms with Crippen LogP contribution in [0.5, 0.6) is 0 Å². The van der Waals surface area contributed by atoms with Crippen molar-refractivity contribution in [2.24, 2.45) is 5.92 Å². The number of carboxylic acids is 1. The lowest BCUT2D eigenvalue weighted by Gasteiger charge is -2.33. The molecule has 0 aromatic rings. The summed E-state index contributed by atoms with van der Waals surface area (Å²) in [5, 5.41) is 11.5. The van der Waals surface area contributed by atoms with E-state index in [4.69, 9.17) is 9.84 Å². The van der Waals surface area contributed by atoms with Crippen molar-refractivity contribution >= 4 is 11.9 Å². The Kier molecular flexibility index (Phi) is 5.41. The molecule has 0 aromatic carbocycles. The SMILES string of the molecule is CCCCOC(C)C(=O)NC1CC(C(=O)O)C1. The van der Waals surface area contributed by atoms with Crippen LogP contribution in [0.15, 0.2) is 0 Å². The standard InChI is InChI=1S/C12H21NO4/c1-3-4-5-17-8(2)11(14)13-10-6-9(7-10)12(15)16/h8-10H,3-7H2,1-2H3,(H,13,14)(H,15,16). The second-order valence-corrected chi connectivity index (χ2v) is 4.58. The number of carboxylic acid groups (broad SMARTS) is 1. The summed E-state index contributed by atoms with van der Waals surface area (Å²) in [5.41, 5.74) is 0. The zero-order valence-corrected chi connectivity index (χ0v) is 10.4. The number of aliphatic carboxylic acids is 1. The fourth-order valence-corrected chi connectivity index (χ4v) is 1.74. The fourth-order valence-electron chi connectivity index (χ4n) is 1.74. The van der Waals surface area contributed by atoms with Crippen LogP contribution in [-0.2, 0) is 14.3 Å². The minimum atomic E-state index is -0.775. The third kappa shape index (κ3) is 4.34. The molecule has 0 heterocycles. The molecule has 1 atom stereocenters. The summed E-state index contributed by atoms with van der Waals surface area (Å²) in [7, 11) is 0. The Balaban J connectivity index is 2.15. The largest absolute Gasteiger partial charge is 0.481 e. The van der Waals surface area contributed by atoms with Gasteiger partial charge in [-0.1, -0.05) is 13.3 Å². The highest BCUT2D eigenvalue weighted by Gasteiger charge is 2.35. The molecule has 2 N–H and O–H groups in total. The van der Waals surface area contributed by atoms with Crippen molar-refractivity contribution in [1.82, 2.24) is 5.32 Å². The van der Waals surface area contributed by atoms with Gasteiger partial charge in [0.05, 0.1) is 5.92 Å². The summed E-state index contributed by atoms with van der Waals surface area (Å²) in [5.74, 6) is -1.21. The minimum Gasteiger partial charge on any atom is -0.481 e. The number of rotatable bonds is 7. The van der Waals surface area contributed by atoms with Crippen molar-refractivity contribution in [3.63, 3.8) is 0 Å². The zero-order chi connectivity index (χ0) is 12.8. The summed E-state index contributed by atoms with van der Waals surface area (Å²) in [6.45, 7) is 4.38. The first-order chi connectivity index (χ1) is 8.04. The van der Waals surface area contributed by atoms with E-state index in [1.807, 2.05) is 0 Å². The van der Waals surface area contributed by atoms with Crippen LogP contribution in [0.4, 0.5) is 0 Å². The van der Waals surface area contributed by atoms with Crippen molar-refractivity contribution in [3.8, 4) is 0 Å². The molecule has 5 heteroatoms. The van der Waals surface area contributed by atoms with Crippen LogP contribution in [0, 0.1) is 5.92 Å². The second kappa shape index (κ2) is 6.59. The monoisotopic (exact) mass is 243 g/mol. The summed E-state index contributed by atoms with van der Waals surface area (Å²) in [6.07, 6.45) is 2.59. The molecule has 1 fully saturated rings. The summed E-state index contributed by atoms with van der Waals surface area (Å²) in [4.78, 5) is 22.2. The molecule has 17 heavy (non-hydrogen) atoms.